The van der Waals surface area contributed by atoms with Gasteiger partial charge in [0.15, 0.2) is 11.5 Å². The second kappa shape index (κ2) is 12.0. The first-order valence-corrected chi connectivity index (χ1v) is 13.9. The molecule has 0 aromatic heterocycles. The molecule has 3 heterocycles. The molecule has 3 aromatic carbocycles. The third kappa shape index (κ3) is 5.77. The van der Waals surface area contributed by atoms with E-state index in [0.717, 1.165) is 19.6 Å². The highest BCUT2D eigenvalue weighted by Crippen LogP contribution is 2.42. The van der Waals surface area contributed by atoms with Crippen molar-refractivity contribution in [1.82, 2.24) is 9.80 Å². The molecule has 3 aromatic rings. The van der Waals surface area contributed by atoms with Crippen molar-refractivity contribution in [3.63, 3.8) is 0 Å². The molecule has 3 aliphatic rings. The Morgan fingerprint density at radius 1 is 0.829 bits per heavy atom. The van der Waals surface area contributed by atoms with E-state index in [0.29, 0.717) is 73.5 Å². The number of morpholine rings is 1. The van der Waals surface area contributed by atoms with Crippen molar-refractivity contribution in [2.75, 3.05) is 52.6 Å². The molecule has 41 heavy (non-hydrogen) atoms. The molecule has 1 amide bonds. The third-order valence-electron chi connectivity index (χ3n) is 7.49. The van der Waals surface area contributed by atoms with Crippen molar-refractivity contribution in [3.8, 4) is 23.0 Å². The Hall–Kier alpha value is -4.34. The summed E-state index contributed by atoms with van der Waals surface area (Å²) in [6.45, 7) is 5.01. The van der Waals surface area contributed by atoms with Crippen LogP contribution in [0.2, 0.25) is 0 Å². The number of nitrogens with zero attached hydrogens (tertiary/aromatic N) is 2. The van der Waals surface area contributed by atoms with Crippen molar-refractivity contribution in [3.05, 3.63) is 89.5 Å². The van der Waals surface area contributed by atoms with Gasteiger partial charge in [0.1, 0.15) is 30.5 Å². The first-order valence-electron chi connectivity index (χ1n) is 13.9. The summed E-state index contributed by atoms with van der Waals surface area (Å²) in [5, 5.41) is 11.5. The Morgan fingerprint density at radius 3 is 2.39 bits per heavy atom. The molecule has 0 bridgehead atoms. The maximum absolute atomic E-state index is 13.5. The van der Waals surface area contributed by atoms with Gasteiger partial charge in [-0.3, -0.25) is 14.5 Å². The van der Waals surface area contributed by atoms with Gasteiger partial charge in [0, 0.05) is 31.7 Å². The van der Waals surface area contributed by atoms with Crippen molar-refractivity contribution < 1.29 is 33.6 Å². The number of hydrogen-bond acceptors (Lipinski definition) is 8. The van der Waals surface area contributed by atoms with E-state index in [9.17, 15) is 14.7 Å². The number of aliphatic hydroxyl groups is 1. The number of ketones is 1. The average molecular weight is 557 g/mol. The monoisotopic (exact) mass is 556 g/mol. The second-order valence-electron chi connectivity index (χ2n) is 10.1. The normalized spacial score (nSPS) is 20.3. The van der Waals surface area contributed by atoms with E-state index >= 15 is 0 Å². The molecule has 2 saturated heterocycles. The number of likely N-dealkylation sites (tertiary alicyclic amines) is 1. The van der Waals surface area contributed by atoms with Crippen molar-refractivity contribution in [2.45, 2.75) is 12.5 Å². The lowest BCUT2D eigenvalue weighted by atomic mass is 9.95. The van der Waals surface area contributed by atoms with Crippen LogP contribution in [0.15, 0.2) is 78.4 Å². The molecule has 0 spiro atoms. The number of aliphatic hydroxyl groups excluding tert-OH is 1. The lowest BCUT2D eigenvalue weighted by Crippen LogP contribution is -2.38. The summed E-state index contributed by atoms with van der Waals surface area (Å²) in [4.78, 5) is 30.8. The lowest BCUT2D eigenvalue weighted by Gasteiger charge is -2.29. The molecule has 0 radical (unpaired) electrons. The molecule has 0 aliphatic carbocycles. The summed E-state index contributed by atoms with van der Waals surface area (Å²) in [7, 11) is 0. The highest BCUT2D eigenvalue weighted by molar-refractivity contribution is 6.46. The number of amides is 1. The predicted octanol–water partition coefficient (Wildman–Crippen LogP) is 4.39. The Balaban J connectivity index is 1.35. The maximum Gasteiger partial charge on any atom is 0.295 e. The van der Waals surface area contributed by atoms with Crippen LogP contribution in [0.3, 0.4) is 0 Å². The highest BCUT2D eigenvalue weighted by Gasteiger charge is 2.46. The van der Waals surface area contributed by atoms with Crippen LogP contribution in [-0.2, 0) is 14.3 Å². The fourth-order valence-corrected chi connectivity index (χ4v) is 5.47. The van der Waals surface area contributed by atoms with E-state index in [2.05, 4.69) is 4.90 Å². The summed E-state index contributed by atoms with van der Waals surface area (Å²) in [6.07, 6.45) is 0.674. The largest absolute Gasteiger partial charge is 0.507 e. The van der Waals surface area contributed by atoms with Crippen LogP contribution >= 0.6 is 0 Å². The SMILES string of the molecule is O=C1C(=O)N(CCCN2CCOCC2)C(c2cccc(Oc3ccccc3)c2)/C1=C(/O)c1ccc2c(c1)OCCO2. The van der Waals surface area contributed by atoms with Crippen LogP contribution in [0, 0.1) is 0 Å². The first-order chi connectivity index (χ1) is 20.1. The zero-order valence-corrected chi connectivity index (χ0v) is 22.7. The van der Waals surface area contributed by atoms with Gasteiger partial charge in [-0.2, -0.15) is 0 Å². The van der Waals surface area contributed by atoms with Gasteiger partial charge in [0.05, 0.1) is 24.8 Å². The van der Waals surface area contributed by atoms with Gasteiger partial charge in [-0.25, -0.2) is 0 Å². The first kappa shape index (κ1) is 26.9. The van der Waals surface area contributed by atoms with Crippen LogP contribution in [-0.4, -0.2) is 79.2 Å². The van der Waals surface area contributed by atoms with Crippen molar-refractivity contribution in [1.29, 1.82) is 0 Å². The molecule has 212 valence electrons. The molecule has 3 aliphatic heterocycles. The zero-order valence-electron chi connectivity index (χ0n) is 22.7. The molecule has 2 fully saturated rings. The zero-order chi connectivity index (χ0) is 28.2. The number of carbonyl (C=O) groups is 2. The number of para-hydroxylation sites is 1. The molecule has 1 atom stereocenters. The number of benzene rings is 3. The highest BCUT2D eigenvalue weighted by atomic mass is 16.6. The van der Waals surface area contributed by atoms with E-state index in [1.807, 2.05) is 54.6 Å². The van der Waals surface area contributed by atoms with E-state index in [1.54, 1.807) is 23.1 Å². The summed E-state index contributed by atoms with van der Waals surface area (Å²) in [5.41, 5.74) is 1.08. The van der Waals surface area contributed by atoms with Crippen molar-refractivity contribution in [2.24, 2.45) is 0 Å². The van der Waals surface area contributed by atoms with Gasteiger partial charge in [-0.15, -0.1) is 0 Å². The third-order valence-corrected chi connectivity index (χ3v) is 7.49. The summed E-state index contributed by atoms with van der Waals surface area (Å²) < 4.78 is 22.8. The minimum Gasteiger partial charge on any atom is -0.507 e. The van der Waals surface area contributed by atoms with Crippen LogP contribution in [0.5, 0.6) is 23.0 Å². The number of Topliss-reactive ketones (excluding diaryl/α,β-unsaturated/α-hetero) is 1. The maximum atomic E-state index is 13.5. The van der Waals surface area contributed by atoms with Gasteiger partial charge in [0.2, 0.25) is 0 Å². The predicted molar refractivity (Wildman–Crippen MR) is 151 cm³/mol. The minimum absolute atomic E-state index is 0.0370. The molecule has 0 saturated carbocycles. The second-order valence-corrected chi connectivity index (χ2v) is 10.1. The molecule has 6 rings (SSSR count). The Kier molecular flexibility index (Phi) is 7.89. The fraction of sp³-hybridized carbons (Fsp3) is 0.312. The average Bonchev–Trinajstić information content (AvgIpc) is 3.27. The Morgan fingerprint density at radius 2 is 1.59 bits per heavy atom. The van der Waals surface area contributed by atoms with Crippen LogP contribution in [0.25, 0.3) is 5.76 Å². The summed E-state index contributed by atoms with van der Waals surface area (Å²) >= 11 is 0. The van der Waals surface area contributed by atoms with Crippen LogP contribution < -0.4 is 14.2 Å². The standard InChI is InChI=1S/C32H32N2O7/c35-30(23-10-11-26-27(21-23)40-19-18-39-26)28-29(22-6-4-9-25(20-22)41-24-7-2-1-3-8-24)34(32(37)31(28)36)13-5-12-33-14-16-38-17-15-33/h1-4,6-11,20-21,29,35H,5,12-19H2/b30-28-. The number of fused-ring (bicyclic) bond motifs is 1. The molecular weight excluding hydrogens is 524 g/mol. The van der Waals surface area contributed by atoms with Gasteiger partial charge < -0.3 is 29.0 Å². The molecule has 9 nitrogen and oxygen atoms in total. The van der Waals surface area contributed by atoms with E-state index < -0.39 is 17.7 Å². The van der Waals surface area contributed by atoms with E-state index in [1.165, 1.54) is 0 Å². The summed E-state index contributed by atoms with van der Waals surface area (Å²) in [6, 6.07) is 20.9. The van der Waals surface area contributed by atoms with Crippen LogP contribution in [0.4, 0.5) is 0 Å². The van der Waals surface area contributed by atoms with Gasteiger partial charge in [-0.05, 0) is 54.4 Å². The topological polar surface area (TPSA) is 97.8 Å². The van der Waals surface area contributed by atoms with Gasteiger partial charge >= 0.3 is 0 Å². The number of hydrogen-bond donors (Lipinski definition) is 1. The summed E-state index contributed by atoms with van der Waals surface area (Å²) in [5.74, 6) is 0.671. The Labute approximate surface area is 238 Å². The quantitative estimate of drug-likeness (QED) is 0.248. The molecule has 1 N–H and O–H groups in total. The number of ether oxygens (including phenoxy) is 4. The number of rotatable bonds is 8. The van der Waals surface area contributed by atoms with Gasteiger partial charge in [0.25, 0.3) is 11.7 Å². The Bertz CT molecular complexity index is 1450. The minimum atomic E-state index is -0.785. The van der Waals surface area contributed by atoms with Crippen molar-refractivity contribution >= 4 is 17.4 Å². The lowest BCUT2D eigenvalue weighted by molar-refractivity contribution is -0.140. The van der Waals surface area contributed by atoms with Gasteiger partial charge in [-0.1, -0.05) is 30.3 Å². The molecule has 9 heteroatoms. The smallest absolute Gasteiger partial charge is 0.295 e. The number of carbonyl (C=O) groups excluding carboxylic acids is 2. The fourth-order valence-electron chi connectivity index (χ4n) is 5.47. The molecule has 1 unspecified atom stereocenters. The van der Waals surface area contributed by atoms with E-state index in [4.69, 9.17) is 18.9 Å². The molecular formula is C32H32N2O7. The van der Waals surface area contributed by atoms with E-state index in [-0.39, 0.29) is 11.3 Å². The van der Waals surface area contributed by atoms with Crippen LogP contribution in [0.1, 0.15) is 23.6 Å².